The van der Waals surface area contributed by atoms with Crippen LogP contribution < -0.4 is 5.32 Å². The van der Waals surface area contributed by atoms with Gasteiger partial charge >= 0.3 is 0 Å². The van der Waals surface area contributed by atoms with Gasteiger partial charge in [0.1, 0.15) is 0 Å². The zero-order chi connectivity index (χ0) is 16.5. The molecule has 5 heteroatoms. The molecule has 1 saturated heterocycles. The van der Waals surface area contributed by atoms with Gasteiger partial charge in [-0.25, -0.2) is 0 Å². The average molecular weight is 341 g/mol. The minimum atomic E-state index is 0.0892. The average Bonchev–Trinajstić information content (AvgIpc) is 3.11. The third-order valence-electron chi connectivity index (χ3n) is 4.38. The number of rotatable bonds is 2. The Morgan fingerprint density at radius 3 is 2.54 bits per heavy atom. The summed E-state index contributed by atoms with van der Waals surface area (Å²) >= 11 is 6.28. The molecule has 1 amide bonds. The summed E-state index contributed by atoms with van der Waals surface area (Å²) in [5, 5.41) is 4.82. The minimum Gasteiger partial charge on any atom is -0.463 e. The number of carbonyl (C=O) groups excluding carboxylic acids is 1. The molecule has 3 aromatic rings. The lowest BCUT2D eigenvalue weighted by Crippen LogP contribution is -2.46. The molecule has 2 heterocycles. The van der Waals surface area contributed by atoms with E-state index in [9.17, 15) is 4.79 Å². The summed E-state index contributed by atoms with van der Waals surface area (Å²) in [7, 11) is 0. The maximum atomic E-state index is 12.5. The summed E-state index contributed by atoms with van der Waals surface area (Å²) in [6.45, 7) is 3.22. The van der Waals surface area contributed by atoms with E-state index in [0.717, 1.165) is 48.3 Å². The van der Waals surface area contributed by atoms with Gasteiger partial charge in [-0.05, 0) is 41.5 Å². The number of carbonyl (C=O) groups is 1. The largest absolute Gasteiger partial charge is 0.463 e. The smallest absolute Gasteiger partial charge is 0.253 e. The normalized spacial score (nSPS) is 15.0. The van der Waals surface area contributed by atoms with Gasteiger partial charge in [0.2, 0.25) is 0 Å². The van der Waals surface area contributed by atoms with Crippen LogP contribution in [0.5, 0.6) is 0 Å². The van der Waals surface area contributed by atoms with Crippen LogP contribution in [0.1, 0.15) is 10.4 Å². The Kier molecular flexibility index (Phi) is 4.00. The van der Waals surface area contributed by atoms with Crippen LogP contribution in [-0.4, -0.2) is 37.0 Å². The number of fused-ring (bicyclic) bond motifs is 1. The van der Waals surface area contributed by atoms with Gasteiger partial charge < -0.3 is 14.6 Å². The number of benzene rings is 2. The molecule has 1 aliphatic rings. The highest BCUT2D eigenvalue weighted by atomic mass is 35.5. The van der Waals surface area contributed by atoms with Crippen molar-refractivity contribution in [1.29, 1.82) is 0 Å². The fourth-order valence-electron chi connectivity index (χ4n) is 3.06. The van der Waals surface area contributed by atoms with Crippen molar-refractivity contribution in [1.82, 2.24) is 10.2 Å². The van der Waals surface area contributed by atoms with Crippen LogP contribution in [0.2, 0.25) is 5.02 Å². The lowest BCUT2D eigenvalue weighted by molar-refractivity contribution is 0.0736. The Bertz CT molecular complexity index is 880. The predicted octanol–water partition coefficient (Wildman–Crippen LogP) is 3.80. The van der Waals surface area contributed by atoms with Crippen LogP contribution in [0.4, 0.5) is 0 Å². The second kappa shape index (κ2) is 6.30. The summed E-state index contributed by atoms with van der Waals surface area (Å²) < 4.78 is 5.37. The molecule has 2 aromatic carbocycles. The van der Waals surface area contributed by atoms with E-state index in [2.05, 4.69) is 5.32 Å². The molecule has 0 radical (unpaired) electrons. The van der Waals surface area contributed by atoms with Crippen molar-refractivity contribution in [3.63, 3.8) is 0 Å². The first-order valence-corrected chi connectivity index (χ1v) is 8.37. The standard InChI is InChI=1S/C19H17ClN2O2/c20-17-12-16(11-15-5-10-24-18(15)17)13-1-3-14(4-2-13)19(23)22-8-6-21-7-9-22/h1-5,10-12,21H,6-9H2. The number of hydrogen-bond donors (Lipinski definition) is 1. The number of nitrogens with one attached hydrogen (secondary N) is 1. The molecule has 1 aromatic heterocycles. The van der Waals surface area contributed by atoms with E-state index in [-0.39, 0.29) is 5.91 Å². The van der Waals surface area contributed by atoms with Crippen molar-refractivity contribution in [2.75, 3.05) is 26.2 Å². The van der Waals surface area contributed by atoms with Gasteiger partial charge in [-0.3, -0.25) is 4.79 Å². The van der Waals surface area contributed by atoms with E-state index in [1.807, 2.05) is 47.4 Å². The summed E-state index contributed by atoms with van der Waals surface area (Å²) in [5.74, 6) is 0.0892. The topological polar surface area (TPSA) is 45.5 Å². The highest BCUT2D eigenvalue weighted by Gasteiger charge is 2.17. The Morgan fingerprint density at radius 2 is 1.79 bits per heavy atom. The summed E-state index contributed by atoms with van der Waals surface area (Å²) in [6.07, 6.45) is 1.63. The van der Waals surface area contributed by atoms with Crippen molar-refractivity contribution in [3.05, 3.63) is 59.3 Å². The first kappa shape index (κ1) is 15.2. The van der Waals surface area contributed by atoms with Gasteiger partial charge in [-0.1, -0.05) is 23.7 Å². The van der Waals surface area contributed by atoms with Gasteiger partial charge in [-0.15, -0.1) is 0 Å². The molecule has 0 atom stereocenters. The Morgan fingerprint density at radius 1 is 1.04 bits per heavy atom. The van der Waals surface area contributed by atoms with Crippen LogP contribution >= 0.6 is 11.6 Å². The molecule has 4 nitrogen and oxygen atoms in total. The molecule has 4 rings (SSSR count). The van der Waals surface area contributed by atoms with E-state index in [0.29, 0.717) is 10.6 Å². The van der Waals surface area contributed by atoms with E-state index in [4.69, 9.17) is 16.0 Å². The van der Waals surface area contributed by atoms with Gasteiger partial charge in [0.15, 0.2) is 5.58 Å². The van der Waals surface area contributed by atoms with Crippen LogP contribution in [-0.2, 0) is 0 Å². The van der Waals surface area contributed by atoms with E-state index in [1.165, 1.54) is 0 Å². The number of halogens is 1. The zero-order valence-electron chi connectivity index (χ0n) is 13.1. The van der Waals surface area contributed by atoms with Gasteiger partial charge in [-0.2, -0.15) is 0 Å². The molecule has 0 saturated carbocycles. The monoisotopic (exact) mass is 340 g/mol. The van der Waals surface area contributed by atoms with E-state index < -0.39 is 0 Å². The first-order chi connectivity index (χ1) is 11.7. The SMILES string of the molecule is O=C(c1ccc(-c2cc(Cl)c3occc3c2)cc1)N1CCNCC1. The molecular formula is C19H17ClN2O2. The van der Waals surface area contributed by atoms with Gasteiger partial charge in [0, 0.05) is 37.1 Å². The Labute approximate surface area is 145 Å². The second-order valence-electron chi connectivity index (χ2n) is 5.92. The highest BCUT2D eigenvalue weighted by molar-refractivity contribution is 6.35. The second-order valence-corrected chi connectivity index (χ2v) is 6.32. The quantitative estimate of drug-likeness (QED) is 0.771. The van der Waals surface area contributed by atoms with Gasteiger partial charge in [0.05, 0.1) is 11.3 Å². The van der Waals surface area contributed by atoms with Crippen molar-refractivity contribution >= 4 is 28.5 Å². The summed E-state index contributed by atoms with van der Waals surface area (Å²) in [6, 6.07) is 13.5. The van der Waals surface area contributed by atoms with E-state index >= 15 is 0 Å². The molecule has 1 fully saturated rings. The van der Waals surface area contributed by atoms with Crippen LogP contribution in [0.3, 0.4) is 0 Å². The van der Waals surface area contributed by atoms with E-state index in [1.54, 1.807) is 6.26 Å². The molecule has 0 unspecified atom stereocenters. The Hall–Kier alpha value is -2.30. The number of hydrogen-bond acceptors (Lipinski definition) is 3. The maximum absolute atomic E-state index is 12.5. The lowest BCUT2D eigenvalue weighted by atomic mass is 10.0. The van der Waals surface area contributed by atoms with Crippen molar-refractivity contribution in [3.8, 4) is 11.1 Å². The van der Waals surface area contributed by atoms with Crippen LogP contribution in [0.25, 0.3) is 22.1 Å². The molecular weight excluding hydrogens is 324 g/mol. The number of nitrogens with zero attached hydrogens (tertiary/aromatic N) is 1. The molecule has 24 heavy (non-hydrogen) atoms. The number of amides is 1. The summed E-state index contributed by atoms with van der Waals surface area (Å²) in [4.78, 5) is 14.4. The third kappa shape index (κ3) is 2.79. The fraction of sp³-hybridized carbons (Fsp3) is 0.211. The fourth-order valence-corrected chi connectivity index (χ4v) is 3.33. The van der Waals surface area contributed by atoms with Crippen molar-refractivity contribution in [2.24, 2.45) is 0 Å². The molecule has 122 valence electrons. The zero-order valence-corrected chi connectivity index (χ0v) is 13.8. The minimum absolute atomic E-state index is 0.0892. The third-order valence-corrected chi connectivity index (χ3v) is 4.66. The molecule has 0 aliphatic carbocycles. The van der Waals surface area contributed by atoms with Crippen LogP contribution in [0, 0.1) is 0 Å². The number of furan rings is 1. The maximum Gasteiger partial charge on any atom is 0.253 e. The highest BCUT2D eigenvalue weighted by Crippen LogP contribution is 2.31. The molecule has 0 bridgehead atoms. The van der Waals surface area contributed by atoms with Crippen molar-refractivity contribution in [2.45, 2.75) is 0 Å². The molecule has 1 N–H and O–H groups in total. The molecule has 0 spiro atoms. The van der Waals surface area contributed by atoms with Gasteiger partial charge in [0.25, 0.3) is 5.91 Å². The first-order valence-electron chi connectivity index (χ1n) is 7.99. The van der Waals surface area contributed by atoms with Crippen LogP contribution in [0.15, 0.2) is 53.1 Å². The summed E-state index contributed by atoms with van der Waals surface area (Å²) in [5.41, 5.74) is 3.45. The van der Waals surface area contributed by atoms with Crippen molar-refractivity contribution < 1.29 is 9.21 Å². The predicted molar refractivity (Wildman–Crippen MR) is 95.4 cm³/mol. The molecule has 1 aliphatic heterocycles. The number of piperazine rings is 1. The Balaban J connectivity index is 1.61. The lowest BCUT2D eigenvalue weighted by Gasteiger charge is -2.27.